The van der Waals surface area contributed by atoms with Gasteiger partial charge in [-0.15, -0.1) is 6.42 Å². The molecule has 2 aliphatic heterocycles. The van der Waals surface area contributed by atoms with E-state index in [0.717, 1.165) is 12.1 Å². The molecule has 8 nitrogen and oxygen atoms in total. The molecule has 172 valence electrons. The van der Waals surface area contributed by atoms with E-state index in [1.54, 1.807) is 11.9 Å². The summed E-state index contributed by atoms with van der Waals surface area (Å²) in [6.45, 7) is 6.74. The summed E-state index contributed by atoms with van der Waals surface area (Å²) in [5.41, 5.74) is 0.190. The molecule has 2 aliphatic rings. The normalized spacial score (nSPS) is 24.2. The molecule has 3 rings (SSSR count). The monoisotopic (exact) mass is 439 g/mol. The number of nitrogens with zero attached hydrogens (tertiary/aromatic N) is 1. The number of likely N-dealkylation sites (tertiary alicyclic amines) is 1. The molecule has 0 spiro atoms. The van der Waals surface area contributed by atoms with Crippen molar-refractivity contribution >= 4 is 23.4 Å². The first-order valence-corrected chi connectivity index (χ1v) is 11.0. The van der Waals surface area contributed by atoms with Crippen LogP contribution in [0.15, 0.2) is 30.3 Å². The van der Waals surface area contributed by atoms with Gasteiger partial charge in [0.15, 0.2) is 0 Å². The number of para-hydroxylation sites is 1. The minimum Gasteiger partial charge on any atom is -0.342 e. The Bertz CT molecular complexity index is 889. The van der Waals surface area contributed by atoms with Crippen LogP contribution in [-0.4, -0.2) is 66.9 Å². The molecule has 8 heteroatoms. The minimum atomic E-state index is -0.823. The molecule has 2 heterocycles. The Hall–Kier alpha value is -2.89. The Balaban J connectivity index is 1.78. The fourth-order valence-electron chi connectivity index (χ4n) is 4.53. The second-order valence-corrected chi connectivity index (χ2v) is 9.48. The van der Waals surface area contributed by atoms with Crippen molar-refractivity contribution in [2.24, 2.45) is 11.3 Å². The largest absolute Gasteiger partial charge is 0.342 e. The molecule has 0 aliphatic carbocycles. The zero-order valence-corrected chi connectivity index (χ0v) is 19.1. The maximum absolute atomic E-state index is 13.7. The minimum absolute atomic E-state index is 0.0533. The number of hydrogen-bond acceptors (Lipinski definition) is 5. The van der Waals surface area contributed by atoms with Crippen molar-refractivity contribution in [1.82, 2.24) is 20.9 Å². The molecule has 4 N–H and O–H groups in total. The van der Waals surface area contributed by atoms with Gasteiger partial charge in [0, 0.05) is 24.8 Å². The van der Waals surface area contributed by atoms with Gasteiger partial charge in [-0.05, 0) is 31.0 Å². The van der Waals surface area contributed by atoms with E-state index in [-0.39, 0.29) is 29.8 Å². The van der Waals surface area contributed by atoms with E-state index in [1.165, 1.54) is 0 Å². The van der Waals surface area contributed by atoms with Crippen LogP contribution in [0.1, 0.15) is 27.2 Å². The summed E-state index contributed by atoms with van der Waals surface area (Å²) in [5, 5.41) is 12.0. The van der Waals surface area contributed by atoms with Crippen LogP contribution in [0.5, 0.6) is 0 Å². The first-order chi connectivity index (χ1) is 15.2. The molecule has 5 atom stereocenters. The third-order valence-corrected chi connectivity index (χ3v) is 6.24. The second-order valence-electron chi connectivity index (χ2n) is 9.48. The number of carbonyl (C=O) groups excluding carboxylic acids is 3. The highest BCUT2D eigenvalue weighted by atomic mass is 16.2. The molecule has 0 saturated carbocycles. The van der Waals surface area contributed by atoms with Gasteiger partial charge in [-0.2, -0.15) is 0 Å². The summed E-state index contributed by atoms with van der Waals surface area (Å²) >= 11 is 0. The van der Waals surface area contributed by atoms with E-state index in [0.29, 0.717) is 13.1 Å². The summed E-state index contributed by atoms with van der Waals surface area (Å²) in [5.74, 6) is 1.29. The number of likely N-dealkylation sites (N-methyl/N-ethyl adjacent to an activating group) is 1. The van der Waals surface area contributed by atoms with E-state index in [2.05, 4.69) is 27.2 Å². The van der Waals surface area contributed by atoms with Gasteiger partial charge in [-0.3, -0.25) is 19.7 Å². The molecule has 5 unspecified atom stereocenters. The summed E-state index contributed by atoms with van der Waals surface area (Å²) in [7, 11) is 1.60. The smallest absolute Gasteiger partial charge is 0.250 e. The molecule has 2 saturated heterocycles. The van der Waals surface area contributed by atoms with Crippen LogP contribution in [0.2, 0.25) is 0 Å². The van der Waals surface area contributed by atoms with Gasteiger partial charge in [0.05, 0.1) is 12.0 Å². The molecule has 1 aromatic rings. The summed E-state index contributed by atoms with van der Waals surface area (Å²) in [6, 6.07) is 7.49. The Morgan fingerprint density at radius 2 is 1.91 bits per heavy atom. The number of terminal acetylenes is 1. The zero-order valence-electron chi connectivity index (χ0n) is 19.1. The SMILES string of the molecule is C#CC(NC)C(=O)NC(C(=O)N1CCC2NCC(C(=O)Nc3ccccc3)C21)C(C)(C)C. The number of carbonyl (C=O) groups is 3. The van der Waals surface area contributed by atoms with Crippen LogP contribution < -0.4 is 21.3 Å². The first kappa shape index (κ1) is 23.8. The second kappa shape index (κ2) is 9.72. The van der Waals surface area contributed by atoms with Crippen molar-refractivity contribution in [2.75, 3.05) is 25.5 Å². The number of benzene rings is 1. The van der Waals surface area contributed by atoms with Crippen molar-refractivity contribution in [2.45, 2.75) is 51.4 Å². The van der Waals surface area contributed by atoms with Gasteiger partial charge in [0.1, 0.15) is 12.1 Å². The predicted molar refractivity (Wildman–Crippen MR) is 124 cm³/mol. The third-order valence-electron chi connectivity index (χ3n) is 6.24. The number of nitrogens with one attached hydrogen (secondary N) is 4. The molecule has 3 amide bonds. The summed E-state index contributed by atoms with van der Waals surface area (Å²) < 4.78 is 0. The molecule has 0 radical (unpaired) electrons. The maximum atomic E-state index is 13.7. The third kappa shape index (κ3) is 4.95. The first-order valence-electron chi connectivity index (χ1n) is 11.0. The van der Waals surface area contributed by atoms with E-state index < -0.39 is 23.4 Å². The number of rotatable bonds is 6. The number of anilines is 1. The fraction of sp³-hybridized carbons (Fsp3) is 0.542. The molecular weight excluding hydrogens is 406 g/mol. The lowest BCUT2D eigenvalue weighted by Gasteiger charge is -2.37. The van der Waals surface area contributed by atoms with Crippen LogP contribution in [0.3, 0.4) is 0 Å². The average Bonchev–Trinajstić information content (AvgIpc) is 3.34. The van der Waals surface area contributed by atoms with Gasteiger partial charge >= 0.3 is 0 Å². The zero-order chi connectivity index (χ0) is 23.5. The lowest BCUT2D eigenvalue weighted by Crippen LogP contribution is -2.59. The topological polar surface area (TPSA) is 103 Å². The fourth-order valence-corrected chi connectivity index (χ4v) is 4.53. The number of fused-ring (bicyclic) bond motifs is 1. The van der Waals surface area contributed by atoms with Crippen LogP contribution in [0.4, 0.5) is 5.69 Å². The van der Waals surface area contributed by atoms with Gasteiger partial charge in [-0.25, -0.2) is 0 Å². The van der Waals surface area contributed by atoms with Crippen molar-refractivity contribution in [3.8, 4) is 12.3 Å². The molecule has 1 aromatic carbocycles. The Morgan fingerprint density at radius 1 is 1.22 bits per heavy atom. The van der Waals surface area contributed by atoms with Crippen molar-refractivity contribution in [3.63, 3.8) is 0 Å². The van der Waals surface area contributed by atoms with Gasteiger partial charge in [-0.1, -0.05) is 44.9 Å². The molecular formula is C24H33N5O3. The van der Waals surface area contributed by atoms with Gasteiger partial charge in [0.2, 0.25) is 17.7 Å². The van der Waals surface area contributed by atoms with E-state index in [9.17, 15) is 14.4 Å². The van der Waals surface area contributed by atoms with Crippen LogP contribution in [0, 0.1) is 23.7 Å². The van der Waals surface area contributed by atoms with Crippen molar-refractivity contribution in [3.05, 3.63) is 30.3 Å². The van der Waals surface area contributed by atoms with E-state index >= 15 is 0 Å². The average molecular weight is 440 g/mol. The van der Waals surface area contributed by atoms with Crippen LogP contribution in [0.25, 0.3) is 0 Å². The summed E-state index contributed by atoms with van der Waals surface area (Å²) in [4.78, 5) is 41.1. The van der Waals surface area contributed by atoms with E-state index in [1.807, 2.05) is 51.1 Å². The molecule has 32 heavy (non-hydrogen) atoms. The standard InChI is InChI=1S/C24H33N5O3/c1-6-17(25-5)22(31)28-20(24(2,3)4)23(32)29-13-12-18-19(29)16(14-26-18)21(30)27-15-10-8-7-9-11-15/h1,7-11,16-20,25-26H,12-14H2,2-5H3,(H,27,30)(H,28,31). The Kier molecular flexibility index (Phi) is 7.22. The Labute approximate surface area is 189 Å². The Morgan fingerprint density at radius 3 is 2.50 bits per heavy atom. The number of amides is 3. The van der Waals surface area contributed by atoms with Crippen LogP contribution >= 0.6 is 0 Å². The van der Waals surface area contributed by atoms with Crippen molar-refractivity contribution in [1.29, 1.82) is 0 Å². The maximum Gasteiger partial charge on any atom is 0.250 e. The quantitative estimate of drug-likeness (QED) is 0.486. The molecule has 0 aromatic heterocycles. The highest BCUT2D eigenvalue weighted by Gasteiger charge is 2.51. The van der Waals surface area contributed by atoms with Gasteiger partial charge < -0.3 is 20.9 Å². The lowest BCUT2D eigenvalue weighted by atomic mass is 9.85. The van der Waals surface area contributed by atoms with E-state index in [4.69, 9.17) is 6.42 Å². The number of hydrogen-bond donors (Lipinski definition) is 4. The predicted octanol–water partition coefficient (Wildman–Crippen LogP) is 0.566. The highest BCUT2D eigenvalue weighted by molar-refractivity contribution is 5.95. The lowest BCUT2D eigenvalue weighted by molar-refractivity contribution is -0.141. The highest BCUT2D eigenvalue weighted by Crippen LogP contribution is 2.33. The van der Waals surface area contributed by atoms with Crippen molar-refractivity contribution < 1.29 is 14.4 Å². The van der Waals surface area contributed by atoms with Gasteiger partial charge in [0.25, 0.3) is 0 Å². The molecule has 0 bridgehead atoms. The summed E-state index contributed by atoms with van der Waals surface area (Å²) in [6.07, 6.45) is 6.19. The van der Waals surface area contributed by atoms with Crippen LogP contribution in [-0.2, 0) is 14.4 Å². The molecule has 2 fully saturated rings.